The molecule has 0 bridgehead atoms. The predicted molar refractivity (Wildman–Crippen MR) is 64.0 cm³/mol. The molecule has 6 heteroatoms. The lowest BCUT2D eigenvalue weighted by Crippen LogP contribution is -2.40. The molecule has 0 spiro atoms. The monoisotopic (exact) mass is 255 g/mol. The minimum absolute atomic E-state index is 0.115. The van der Waals surface area contributed by atoms with Crippen LogP contribution in [0.15, 0.2) is 12.1 Å². The van der Waals surface area contributed by atoms with E-state index in [0.29, 0.717) is 17.4 Å². The molecule has 0 radical (unpaired) electrons. The Hall–Kier alpha value is -1.36. The largest absolute Gasteiger partial charge is 0.481 e. The Bertz CT molecular complexity index is 423. The summed E-state index contributed by atoms with van der Waals surface area (Å²) in [6.45, 7) is 1.77. The van der Waals surface area contributed by atoms with Crippen LogP contribution in [-0.2, 0) is 4.79 Å². The fourth-order valence-corrected chi connectivity index (χ4v) is 2.33. The van der Waals surface area contributed by atoms with Gasteiger partial charge in [-0.2, -0.15) is 0 Å². The SMILES string of the molecule is CC1(C(=O)O)CCCC1Nc1ccc(Cl)nn1. The van der Waals surface area contributed by atoms with E-state index < -0.39 is 11.4 Å². The quantitative estimate of drug-likeness (QED) is 0.866. The van der Waals surface area contributed by atoms with Gasteiger partial charge in [0.05, 0.1) is 5.41 Å². The number of carbonyl (C=O) groups is 1. The van der Waals surface area contributed by atoms with Gasteiger partial charge in [-0.05, 0) is 31.9 Å². The van der Waals surface area contributed by atoms with E-state index in [9.17, 15) is 9.90 Å². The third-order valence-electron chi connectivity index (χ3n) is 3.40. The van der Waals surface area contributed by atoms with Gasteiger partial charge in [0.1, 0.15) is 5.82 Å². The molecule has 2 N–H and O–H groups in total. The number of nitrogens with zero attached hydrogens (tertiary/aromatic N) is 2. The molecule has 1 aromatic rings. The van der Waals surface area contributed by atoms with Crippen LogP contribution in [0.2, 0.25) is 5.15 Å². The van der Waals surface area contributed by atoms with Gasteiger partial charge in [-0.1, -0.05) is 18.0 Å². The number of aliphatic carboxylic acids is 1. The maximum Gasteiger partial charge on any atom is 0.311 e. The van der Waals surface area contributed by atoms with Crippen LogP contribution in [-0.4, -0.2) is 27.3 Å². The summed E-state index contributed by atoms with van der Waals surface area (Å²) in [5, 5.41) is 20.3. The molecule has 1 heterocycles. The number of anilines is 1. The van der Waals surface area contributed by atoms with Gasteiger partial charge in [0.25, 0.3) is 0 Å². The number of aromatic nitrogens is 2. The molecular weight excluding hydrogens is 242 g/mol. The molecule has 1 aliphatic rings. The second-order valence-corrected chi connectivity index (χ2v) is 4.94. The average molecular weight is 256 g/mol. The highest BCUT2D eigenvalue weighted by molar-refractivity contribution is 6.29. The van der Waals surface area contributed by atoms with Gasteiger partial charge < -0.3 is 10.4 Å². The van der Waals surface area contributed by atoms with E-state index in [1.54, 1.807) is 19.1 Å². The molecule has 0 saturated heterocycles. The molecule has 92 valence electrons. The standard InChI is InChI=1S/C11H14ClN3O2/c1-11(10(16)17)6-2-3-7(11)13-9-5-4-8(12)14-15-9/h4-5,7H,2-3,6H2,1H3,(H,13,15)(H,16,17). The van der Waals surface area contributed by atoms with Gasteiger partial charge in [0.15, 0.2) is 5.15 Å². The average Bonchev–Trinajstić information content (AvgIpc) is 2.65. The summed E-state index contributed by atoms with van der Waals surface area (Å²) < 4.78 is 0. The molecule has 2 unspecified atom stereocenters. The van der Waals surface area contributed by atoms with Crippen molar-refractivity contribution in [1.29, 1.82) is 0 Å². The summed E-state index contributed by atoms with van der Waals surface area (Å²) in [4.78, 5) is 11.3. The Morgan fingerprint density at radius 1 is 1.59 bits per heavy atom. The van der Waals surface area contributed by atoms with E-state index in [1.165, 1.54) is 0 Å². The Morgan fingerprint density at radius 2 is 2.35 bits per heavy atom. The van der Waals surface area contributed by atoms with Crippen molar-refractivity contribution in [3.63, 3.8) is 0 Å². The highest BCUT2D eigenvalue weighted by Crippen LogP contribution is 2.39. The normalized spacial score (nSPS) is 28.0. The second kappa shape index (κ2) is 4.49. The molecule has 1 saturated carbocycles. The van der Waals surface area contributed by atoms with Crippen LogP contribution in [0.25, 0.3) is 0 Å². The number of carboxylic acids is 1. The zero-order valence-corrected chi connectivity index (χ0v) is 10.2. The Morgan fingerprint density at radius 3 is 2.94 bits per heavy atom. The lowest BCUT2D eigenvalue weighted by Gasteiger charge is -2.27. The topological polar surface area (TPSA) is 75.1 Å². The highest BCUT2D eigenvalue weighted by atomic mass is 35.5. The van der Waals surface area contributed by atoms with Crippen LogP contribution in [0, 0.1) is 5.41 Å². The van der Waals surface area contributed by atoms with Crippen LogP contribution < -0.4 is 5.32 Å². The van der Waals surface area contributed by atoms with Crippen molar-refractivity contribution in [2.24, 2.45) is 5.41 Å². The Balaban J connectivity index is 2.13. The van der Waals surface area contributed by atoms with Crippen molar-refractivity contribution in [3.05, 3.63) is 17.3 Å². The smallest absolute Gasteiger partial charge is 0.311 e. The first kappa shape index (κ1) is 12.1. The van der Waals surface area contributed by atoms with E-state index in [0.717, 1.165) is 12.8 Å². The van der Waals surface area contributed by atoms with Gasteiger partial charge in [-0.25, -0.2) is 0 Å². The van der Waals surface area contributed by atoms with E-state index in [4.69, 9.17) is 11.6 Å². The predicted octanol–water partition coefficient (Wildman–Crippen LogP) is 2.19. The summed E-state index contributed by atoms with van der Waals surface area (Å²) in [5.74, 6) is -0.205. The van der Waals surface area contributed by atoms with Crippen molar-refractivity contribution in [2.75, 3.05) is 5.32 Å². The fourth-order valence-electron chi connectivity index (χ4n) is 2.23. The van der Waals surface area contributed by atoms with Crippen LogP contribution in [0.5, 0.6) is 0 Å². The molecule has 5 nitrogen and oxygen atoms in total. The highest BCUT2D eigenvalue weighted by Gasteiger charge is 2.45. The summed E-state index contributed by atoms with van der Waals surface area (Å²) >= 11 is 5.64. The minimum atomic E-state index is -0.769. The number of rotatable bonds is 3. The van der Waals surface area contributed by atoms with Crippen molar-refractivity contribution < 1.29 is 9.90 Å². The molecule has 2 atom stereocenters. The summed E-state index contributed by atoms with van der Waals surface area (Å²) in [5.41, 5.74) is -0.735. The lowest BCUT2D eigenvalue weighted by atomic mass is 9.85. The van der Waals surface area contributed by atoms with E-state index in [1.807, 2.05) is 0 Å². The van der Waals surface area contributed by atoms with Crippen LogP contribution in [0.4, 0.5) is 5.82 Å². The van der Waals surface area contributed by atoms with Crippen molar-refractivity contribution >= 4 is 23.4 Å². The number of nitrogens with one attached hydrogen (secondary N) is 1. The first-order chi connectivity index (χ1) is 8.02. The van der Waals surface area contributed by atoms with Gasteiger partial charge in [-0.3, -0.25) is 4.79 Å². The lowest BCUT2D eigenvalue weighted by molar-refractivity contribution is -0.147. The zero-order valence-electron chi connectivity index (χ0n) is 9.48. The van der Waals surface area contributed by atoms with Gasteiger partial charge >= 0.3 is 5.97 Å². The van der Waals surface area contributed by atoms with Gasteiger partial charge in [-0.15, -0.1) is 10.2 Å². The Labute approximate surface area is 104 Å². The molecule has 2 rings (SSSR count). The molecule has 0 aromatic carbocycles. The minimum Gasteiger partial charge on any atom is -0.481 e. The Kier molecular flexibility index (Phi) is 3.19. The van der Waals surface area contributed by atoms with E-state index >= 15 is 0 Å². The number of hydrogen-bond acceptors (Lipinski definition) is 4. The summed E-state index contributed by atoms with van der Waals surface area (Å²) in [6, 6.07) is 3.22. The van der Waals surface area contributed by atoms with E-state index in [-0.39, 0.29) is 6.04 Å². The third kappa shape index (κ3) is 2.34. The molecule has 1 aromatic heterocycles. The first-order valence-electron chi connectivity index (χ1n) is 5.51. The number of halogens is 1. The first-order valence-corrected chi connectivity index (χ1v) is 5.89. The van der Waals surface area contributed by atoms with Crippen LogP contribution in [0.3, 0.4) is 0 Å². The molecule has 1 aliphatic carbocycles. The summed E-state index contributed by atoms with van der Waals surface area (Å²) in [6.07, 6.45) is 2.41. The van der Waals surface area contributed by atoms with Crippen molar-refractivity contribution in [3.8, 4) is 0 Å². The molecular formula is C11H14ClN3O2. The molecule has 17 heavy (non-hydrogen) atoms. The maximum atomic E-state index is 11.3. The van der Waals surface area contributed by atoms with Crippen LogP contribution >= 0.6 is 11.6 Å². The summed E-state index contributed by atoms with van der Waals surface area (Å²) in [7, 11) is 0. The number of carboxylic acid groups (broad SMARTS) is 1. The van der Waals surface area contributed by atoms with Gasteiger partial charge in [0, 0.05) is 6.04 Å². The third-order valence-corrected chi connectivity index (χ3v) is 3.60. The second-order valence-electron chi connectivity index (χ2n) is 4.55. The molecule has 0 amide bonds. The maximum absolute atomic E-state index is 11.3. The number of hydrogen-bond donors (Lipinski definition) is 2. The van der Waals surface area contributed by atoms with E-state index in [2.05, 4.69) is 15.5 Å². The molecule has 1 fully saturated rings. The zero-order chi connectivity index (χ0) is 12.5. The molecule has 0 aliphatic heterocycles. The van der Waals surface area contributed by atoms with Crippen molar-refractivity contribution in [1.82, 2.24) is 10.2 Å². The van der Waals surface area contributed by atoms with Crippen LogP contribution in [0.1, 0.15) is 26.2 Å². The van der Waals surface area contributed by atoms with Gasteiger partial charge in [0.2, 0.25) is 0 Å². The van der Waals surface area contributed by atoms with Crippen molar-refractivity contribution in [2.45, 2.75) is 32.2 Å². The fraction of sp³-hybridized carbons (Fsp3) is 0.545.